The Bertz CT molecular complexity index is 1070. The molecule has 190 valence electrons. The molecule has 0 aromatic heterocycles. The summed E-state index contributed by atoms with van der Waals surface area (Å²) in [7, 11) is 0. The molecule has 4 atom stereocenters. The summed E-state index contributed by atoms with van der Waals surface area (Å²) in [5.74, 6) is 0. The number of aliphatic hydroxyl groups excluding tert-OH is 1. The number of benzene rings is 3. The van der Waals surface area contributed by atoms with E-state index in [1.165, 1.54) is 0 Å². The molecule has 0 aliphatic rings. The number of nitro groups is 1. The summed E-state index contributed by atoms with van der Waals surface area (Å²) in [6.45, 7) is -0.338. The number of carbonyl (C=O) groups excluding carboxylic acids is 1. The lowest BCUT2D eigenvalue weighted by Crippen LogP contribution is -2.60. The summed E-state index contributed by atoms with van der Waals surface area (Å²) >= 11 is 0. The fraction of sp³-hybridized carbons (Fsp3) is 0.296. The Kier molecular flexibility index (Phi) is 10.2. The molecule has 3 aromatic carbocycles. The van der Waals surface area contributed by atoms with Crippen LogP contribution in [0.5, 0.6) is 0 Å². The van der Waals surface area contributed by atoms with E-state index in [-0.39, 0.29) is 32.7 Å². The molecule has 3 rings (SSSR count). The third-order valence-electron chi connectivity index (χ3n) is 5.52. The molecule has 0 saturated carbocycles. The first-order valence-corrected chi connectivity index (χ1v) is 11.4. The first-order chi connectivity index (χ1) is 17.4. The van der Waals surface area contributed by atoms with E-state index in [1.807, 2.05) is 36.4 Å². The Hall–Kier alpha value is -3.47. The van der Waals surface area contributed by atoms with E-state index in [0.29, 0.717) is 5.56 Å². The standard InChI is InChI=1S/C27H29NO8/c29-20-27(31,28(32)33)26(36-18-23-14-8-3-9-15-23)25(35-17-22-12-6-2-7-13-22)24(30)19-34-16-21-10-4-1-5-11-21/h1-15,20,24-26,30-31H,16-19H2/t24-,25-,26+,27+/m1/s1. The van der Waals surface area contributed by atoms with Crippen molar-refractivity contribution >= 4 is 6.29 Å². The summed E-state index contributed by atoms with van der Waals surface area (Å²) in [6.07, 6.45) is -5.00. The summed E-state index contributed by atoms with van der Waals surface area (Å²) in [4.78, 5) is 22.4. The van der Waals surface area contributed by atoms with Crippen LogP contribution in [-0.4, -0.2) is 52.1 Å². The smallest absolute Gasteiger partial charge is 0.388 e. The topological polar surface area (TPSA) is 128 Å². The molecule has 2 N–H and O–H groups in total. The maximum Gasteiger partial charge on any atom is 0.407 e. The predicted molar refractivity (Wildman–Crippen MR) is 130 cm³/mol. The van der Waals surface area contributed by atoms with Crippen LogP contribution in [0.25, 0.3) is 0 Å². The van der Waals surface area contributed by atoms with Gasteiger partial charge in [0.05, 0.1) is 31.4 Å². The van der Waals surface area contributed by atoms with Crippen molar-refractivity contribution in [2.75, 3.05) is 6.61 Å². The van der Waals surface area contributed by atoms with Crippen LogP contribution in [0, 0.1) is 10.1 Å². The Morgan fingerprint density at radius 3 is 1.69 bits per heavy atom. The van der Waals surface area contributed by atoms with Crippen LogP contribution >= 0.6 is 0 Å². The van der Waals surface area contributed by atoms with Gasteiger partial charge in [0.25, 0.3) is 0 Å². The van der Waals surface area contributed by atoms with E-state index in [1.54, 1.807) is 54.6 Å². The van der Waals surface area contributed by atoms with Crippen LogP contribution in [0.1, 0.15) is 16.7 Å². The van der Waals surface area contributed by atoms with Gasteiger partial charge < -0.3 is 24.4 Å². The average molecular weight is 496 g/mol. The van der Waals surface area contributed by atoms with E-state index in [2.05, 4.69) is 0 Å². The highest BCUT2D eigenvalue weighted by atomic mass is 16.7. The normalized spacial score (nSPS) is 15.4. The molecule has 3 aromatic rings. The van der Waals surface area contributed by atoms with Gasteiger partial charge in [-0.3, -0.25) is 14.9 Å². The maximum absolute atomic E-state index is 11.8. The summed E-state index contributed by atoms with van der Waals surface area (Å²) in [6, 6.07) is 26.9. The van der Waals surface area contributed by atoms with Gasteiger partial charge in [0.15, 0.2) is 6.10 Å². The number of aldehydes is 1. The van der Waals surface area contributed by atoms with Crippen molar-refractivity contribution in [3.8, 4) is 0 Å². The lowest BCUT2D eigenvalue weighted by Gasteiger charge is -2.33. The predicted octanol–water partition coefficient (Wildman–Crippen LogP) is 2.90. The van der Waals surface area contributed by atoms with Crippen LogP contribution < -0.4 is 0 Å². The largest absolute Gasteiger partial charge is 0.407 e. The lowest BCUT2D eigenvalue weighted by atomic mass is 9.98. The zero-order valence-electron chi connectivity index (χ0n) is 19.6. The van der Waals surface area contributed by atoms with Crippen molar-refractivity contribution in [3.05, 3.63) is 118 Å². The van der Waals surface area contributed by atoms with Gasteiger partial charge in [-0.15, -0.1) is 0 Å². The fourth-order valence-corrected chi connectivity index (χ4v) is 3.57. The Morgan fingerprint density at radius 2 is 1.25 bits per heavy atom. The fourth-order valence-electron chi connectivity index (χ4n) is 3.57. The van der Waals surface area contributed by atoms with Gasteiger partial charge in [-0.05, 0) is 16.7 Å². The summed E-state index contributed by atoms with van der Waals surface area (Å²) < 4.78 is 17.2. The minimum absolute atomic E-state index is 0.0564. The second kappa shape index (κ2) is 13.6. The van der Waals surface area contributed by atoms with Crippen LogP contribution in [0.2, 0.25) is 0 Å². The molecule has 0 amide bonds. The molecule has 9 nitrogen and oxygen atoms in total. The van der Waals surface area contributed by atoms with Crippen LogP contribution in [-0.2, 0) is 38.8 Å². The van der Waals surface area contributed by atoms with Crippen molar-refractivity contribution in [1.29, 1.82) is 0 Å². The van der Waals surface area contributed by atoms with Gasteiger partial charge in [0.1, 0.15) is 12.2 Å². The van der Waals surface area contributed by atoms with Crippen molar-refractivity contribution < 1.29 is 34.1 Å². The molecule has 0 fully saturated rings. The van der Waals surface area contributed by atoms with Crippen molar-refractivity contribution in [2.24, 2.45) is 0 Å². The van der Waals surface area contributed by atoms with Crippen molar-refractivity contribution in [2.45, 2.75) is 43.9 Å². The number of hydrogen-bond donors (Lipinski definition) is 2. The first kappa shape index (κ1) is 27.1. The van der Waals surface area contributed by atoms with E-state index < -0.39 is 29.0 Å². The molecule has 9 heteroatoms. The van der Waals surface area contributed by atoms with Gasteiger partial charge in [-0.2, -0.15) is 0 Å². The molecule has 0 aliphatic carbocycles. The minimum Gasteiger partial charge on any atom is -0.388 e. The second-order valence-electron chi connectivity index (χ2n) is 8.20. The number of aliphatic hydroxyl groups is 2. The van der Waals surface area contributed by atoms with Crippen molar-refractivity contribution in [3.63, 3.8) is 0 Å². The van der Waals surface area contributed by atoms with Gasteiger partial charge in [0.2, 0.25) is 6.29 Å². The zero-order valence-corrected chi connectivity index (χ0v) is 19.6. The zero-order chi connectivity index (χ0) is 25.8. The molecule has 0 radical (unpaired) electrons. The average Bonchev–Trinajstić information content (AvgIpc) is 2.91. The highest BCUT2D eigenvalue weighted by Gasteiger charge is 2.56. The van der Waals surface area contributed by atoms with E-state index in [9.17, 15) is 25.1 Å². The highest BCUT2D eigenvalue weighted by Crippen LogP contribution is 2.24. The number of carbonyl (C=O) groups is 1. The number of nitrogens with zero attached hydrogens (tertiary/aromatic N) is 1. The molecule has 0 aliphatic heterocycles. The van der Waals surface area contributed by atoms with Gasteiger partial charge >= 0.3 is 5.72 Å². The Morgan fingerprint density at radius 1 is 0.806 bits per heavy atom. The van der Waals surface area contributed by atoms with Gasteiger partial charge in [-0.25, -0.2) is 0 Å². The van der Waals surface area contributed by atoms with Gasteiger partial charge in [0, 0.05) is 0 Å². The molecule has 0 unspecified atom stereocenters. The van der Waals surface area contributed by atoms with E-state index in [0.717, 1.165) is 11.1 Å². The number of ether oxygens (including phenoxy) is 3. The molecule has 0 bridgehead atoms. The van der Waals surface area contributed by atoms with Crippen molar-refractivity contribution in [1.82, 2.24) is 0 Å². The third-order valence-corrected chi connectivity index (χ3v) is 5.52. The van der Waals surface area contributed by atoms with Crippen LogP contribution in [0.15, 0.2) is 91.0 Å². The third kappa shape index (κ3) is 7.51. The molecular formula is C27H29NO8. The lowest BCUT2D eigenvalue weighted by molar-refractivity contribution is -0.619. The first-order valence-electron chi connectivity index (χ1n) is 11.4. The van der Waals surface area contributed by atoms with E-state index in [4.69, 9.17) is 14.2 Å². The quantitative estimate of drug-likeness (QED) is 0.143. The summed E-state index contributed by atoms with van der Waals surface area (Å²) in [5.41, 5.74) is -0.942. The number of hydrogen-bond acceptors (Lipinski definition) is 8. The Balaban J connectivity index is 1.84. The molecular weight excluding hydrogens is 466 g/mol. The molecule has 0 saturated heterocycles. The SMILES string of the molecule is O=C[C@](O)([C@@H](OCc1ccccc1)[C@H](OCc1ccccc1)[C@H](O)COCc1ccccc1)[N+](=O)[O-]. The second-order valence-corrected chi connectivity index (χ2v) is 8.20. The van der Waals surface area contributed by atoms with Gasteiger partial charge in [-0.1, -0.05) is 91.0 Å². The highest BCUT2D eigenvalue weighted by molar-refractivity contribution is 5.60. The Labute approximate surface area is 209 Å². The van der Waals surface area contributed by atoms with E-state index >= 15 is 0 Å². The molecule has 0 heterocycles. The monoisotopic (exact) mass is 495 g/mol. The summed E-state index contributed by atoms with van der Waals surface area (Å²) in [5, 5.41) is 33.5. The molecule has 0 spiro atoms. The van der Waals surface area contributed by atoms with Crippen LogP contribution in [0.4, 0.5) is 0 Å². The van der Waals surface area contributed by atoms with Crippen LogP contribution in [0.3, 0.4) is 0 Å². The maximum atomic E-state index is 11.8. The molecule has 36 heavy (non-hydrogen) atoms. The number of rotatable bonds is 15. The minimum atomic E-state index is -3.17.